The first-order chi connectivity index (χ1) is 15.9. The lowest BCUT2D eigenvalue weighted by Gasteiger charge is -2.29. The number of rotatable bonds is 7. The van der Waals surface area contributed by atoms with Gasteiger partial charge in [0.1, 0.15) is 16.4 Å². The lowest BCUT2D eigenvalue weighted by atomic mass is 9.97. The summed E-state index contributed by atoms with van der Waals surface area (Å²) < 4.78 is 23.8. The fourth-order valence-electron chi connectivity index (χ4n) is 3.88. The van der Waals surface area contributed by atoms with Gasteiger partial charge >= 0.3 is 5.97 Å². The Balaban J connectivity index is 1.42. The number of piperidine rings is 1. The Labute approximate surface area is 194 Å². The van der Waals surface area contributed by atoms with Crippen molar-refractivity contribution in [2.75, 3.05) is 31.6 Å². The predicted molar refractivity (Wildman–Crippen MR) is 122 cm³/mol. The van der Waals surface area contributed by atoms with Crippen molar-refractivity contribution >= 4 is 28.2 Å². The van der Waals surface area contributed by atoms with Crippen LogP contribution in [0.15, 0.2) is 34.2 Å². The lowest BCUT2D eigenvalue weighted by Crippen LogP contribution is -2.38. The second-order valence-electron chi connectivity index (χ2n) is 7.86. The quantitative estimate of drug-likeness (QED) is 0.514. The minimum atomic E-state index is -0.524. The molecule has 174 valence electrons. The van der Waals surface area contributed by atoms with Gasteiger partial charge in [0.05, 0.1) is 13.2 Å². The number of hydrogen-bond donors (Lipinski definition) is 1. The number of benzene rings is 1. The standard InChI is InChI=1S/C23H25FN4O4S/c1-3-31-23(30)20-18(15-4-6-17(24)7-5-15)13-33-22(20)26-19(29)12-28-10-8-16(9-11-28)21-25-14(2)27-32-21/h4-7,13,16H,3,8-12H2,1-2H3,(H,26,29). The van der Waals surface area contributed by atoms with Crippen molar-refractivity contribution < 1.29 is 23.2 Å². The van der Waals surface area contributed by atoms with E-state index in [1.54, 1.807) is 31.4 Å². The van der Waals surface area contributed by atoms with Crippen molar-refractivity contribution in [2.24, 2.45) is 0 Å². The van der Waals surface area contributed by atoms with Crippen LogP contribution >= 0.6 is 11.3 Å². The normalized spacial score (nSPS) is 14.9. The molecule has 1 aromatic carbocycles. The van der Waals surface area contributed by atoms with E-state index in [1.165, 1.54) is 23.5 Å². The minimum absolute atomic E-state index is 0.205. The van der Waals surface area contributed by atoms with Crippen molar-refractivity contribution in [3.8, 4) is 11.1 Å². The molecule has 1 aliphatic rings. The van der Waals surface area contributed by atoms with Gasteiger partial charge in [-0.1, -0.05) is 17.3 Å². The largest absolute Gasteiger partial charge is 0.462 e. The molecule has 0 saturated carbocycles. The molecule has 0 atom stereocenters. The number of amides is 1. The maximum atomic E-state index is 13.3. The average molecular weight is 473 g/mol. The van der Waals surface area contributed by atoms with Crippen LogP contribution in [0.5, 0.6) is 0 Å². The van der Waals surface area contributed by atoms with Crippen LogP contribution < -0.4 is 5.32 Å². The zero-order valence-corrected chi connectivity index (χ0v) is 19.3. The summed E-state index contributed by atoms with van der Waals surface area (Å²) in [6.07, 6.45) is 1.66. The summed E-state index contributed by atoms with van der Waals surface area (Å²) in [4.78, 5) is 31.8. The number of anilines is 1. The zero-order chi connectivity index (χ0) is 23.4. The SMILES string of the molecule is CCOC(=O)c1c(-c2ccc(F)cc2)csc1NC(=O)CN1CCC(c2nc(C)no2)CC1. The van der Waals surface area contributed by atoms with Gasteiger partial charge in [-0.05, 0) is 57.5 Å². The number of esters is 1. The third-order valence-electron chi connectivity index (χ3n) is 5.53. The fraction of sp³-hybridized carbons (Fsp3) is 0.391. The number of ether oxygens (including phenoxy) is 1. The highest BCUT2D eigenvalue weighted by molar-refractivity contribution is 7.15. The molecule has 0 radical (unpaired) electrons. The number of halogens is 1. The highest BCUT2D eigenvalue weighted by Gasteiger charge is 2.27. The third-order valence-corrected chi connectivity index (χ3v) is 6.42. The van der Waals surface area contributed by atoms with Gasteiger partial charge in [-0.2, -0.15) is 4.98 Å². The van der Waals surface area contributed by atoms with Gasteiger partial charge < -0.3 is 14.6 Å². The van der Waals surface area contributed by atoms with E-state index in [1.807, 2.05) is 0 Å². The van der Waals surface area contributed by atoms with Crippen molar-refractivity contribution in [1.82, 2.24) is 15.0 Å². The number of hydrogen-bond acceptors (Lipinski definition) is 8. The Hall–Kier alpha value is -3.11. The van der Waals surface area contributed by atoms with Crippen LogP contribution in [-0.4, -0.2) is 53.2 Å². The molecular formula is C23H25FN4O4S. The van der Waals surface area contributed by atoms with Crippen LogP contribution in [0.4, 0.5) is 9.39 Å². The summed E-state index contributed by atoms with van der Waals surface area (Å²) in [5, 5.41) is 8.91. The Morgan fingerprint density at radius 3 is 2.64 bits per heavy atom. The molecule has 33 heavy (non-hydrogen) atoms. The second kappa shape index (κ2) is 10.2. The van der Waals surface area contributed by atoms with Crippen molar-refractivity contribution in [3.63, 3.8) is 0 Å². The van der Waals surface area contributed by atoms with E-state index < -0.39 is 5.97 Å². The Morgan fingerprint density at radius 2 is 2.00 bits per heavy atom. The molecule has 10 heteroatoms. The molecule has 1 aliphatic heterocycles. The molecule has 3 aromatic rings. The molecule has 0 spiro atoms. The maximum absolute atomic E-state index is 13.3. The summed E-state index contributed by atoms with van der Waals surface area (Å²) in [5.74, 6) is 0.390. The average Bonchev–Trinajstić information content (AvgIpc) is 3.41. The van der Waals surface area contributed by atoms with Gasteiger partial charge in [-0.25, -0.2) is 9.18 Å². The molecule has 1 amide bonds. The van der Waals surface area contributed by atoms with Crippen LogP contribution in [0.25, 0.3) is 11.1 Å². The van der Waals surface area contributed by atoms with E-state index in [2.05, 4.69) is 20.4 Å². The van der Waals surface area contributed by atoms with E-state index in [0.29, 0.717) is 27.8 Å². The molecule has 1 fully saturated rings. The Kier molecular flexibility index (Phi) is 7.14. The number of likely N-dealkylation sites (tertiary alicyclic amines) is 1. The van der Waals surface area contributed by atoms with Gasteiger partial charge in [0.25, 0.3) is 0 Å². The number of aryl methyl sites for hydroxylation is 1. The van der Waals surface area contributed by atoms with Crippen LogP contribution in [0.2, 0.25) is 0 Å². The Morgan fingerprint density at radius 1 is 1.27 bits per heavy atom. The molecule has 0 bridgehead atoms. The molecule has 2 aromatic heterocycles. The maximum Gasteiger partial charge on any atom is 0.341 e. The molecule has 0 aliphatic carbocycles. The Bertz CT molecular complexity index is 1120. The van der Waals surface area contributed by atoms with Gasteiger partial charge in [0, 0.05) is 16.9 Å². The van der Waals surface area contributed by atoms with Crippen LogP contribution in [-0.2, 0) is 9.53 Å². The molecule has 4 rings (SSSR count). The summed E-state index contributed by atoms with van der Waals surface area (Å²) in [7, 11) is 0. The monoisotopic (exact) mass is 472 g/mol. The molecule has 8 nitrogen and oxygen atoms in total. The molecule has 1 saturated heterocycles. The summed E-state index contributed by atoms with van der Waals surface area (Å²) in [5.41, 5.74) is 1.56. The van der Waals surface area contributed by atoms with Gasteiger partial charge in [0.2, 0.25) is 11.8 Å². The van der Waals surface area contributed by atoms with Crippen molar-refractivity contribution in [1.29, 1.82) is 0 Å². The van der Waals surface area contributed by atoms with Gasteiger partial charge in [-0.3, -0.25) is 9.69 Å². The zero-order valence-electron chi connectivity index (χ0n) is 18.5. The van der Waals surface area contributed by atoms with E-state index in [9.17, 15) is 14.0 Å². The van der Waals surface area contributed by atoms with E-state index >= 15 is 0 Å². The van der Waals surface area contributed by atoms with Crippen LogP contribution in [0.1, 0.15) is 47.8 Å². The summed E-state index contributed by atoms with van der Waals surface area (Å²) in [6.45, 7) is 5.40. The number of aromatic nitrogens is 2. The van der Waals surface area contributed by atoms with Crippen LogP contribution in [0, 0.1) is 12.7 Å². The summed E-state index contributed by atoms with van der Waals surface area (Å²) in [6, 6.07) is 5.86. The second-order valence-corrected chi connectivity index (χ2v) is 8.74. The van der Waals surface area contributed by atoms with Crippen molar-refractivity contribution in [3.05, 3.63) is 52.7 Å². The van der Waals surface area contributed by atoms with Crippen molar-refractivity contribution in [2.45, 2.75) is 32.6 Å². The first kappa shape index (κ1) is 23.1. The first-order valence-electron chi connectivity index (χ1n) is 10.8. The number of thiophene rings is 1. The first-order valence-corrected chi connectivity index (χ1v) is 11.7. The van der Waals surface area contributed by atoms with Crippen LogP contribution in [0.3, 0.4) is 0 Å². The number of carbonyl (C=O) groups excluding carboxylic acids is 2. The fourth-order valence-corrected chi connectivity index (χ4v) is 4.86. The number of carbonyl (C=O) groups is 2. The van der Waals surface area contributed by atoms with E-state index in [-0.39, 0.29) is 36.4 Å². The third kappa shape index (κ3) is 5.45. The smallest absolute Gasteiger partial charge is 0.341 e. The topological polar surface area (TPSA) is 97.6 Å². The molecule has 0 unspecified atom stereocenters. The van der Waals surface area contributed by atoms with E-state index in [4.69, 9.17) is 9.26 Å². The van der Waals surface area contributed by atoms with E-state index in [0.717, 1.165) is 25.9 Å². The number of nitrogens with one attached hydrogen (secondary N) is 1. The molecule has 1 N–H and O–H groups in total. The van der Waals surface area contributed by atoms with Gasteiger partial charge in [-0.15, -0.1) is 11.3 Å². The summed E-state index contributed by atoms with van der Waals surface area (Å²) >= 11 is 1.25. The lowest BCUT2D eigenvalue weighted by molar-refractivity contribution is -0.117. The highest BCUT2D eigenvalue weighted by atomic mass is 32.1. The molecule has 3 heterocycles. The highest BCUT2D eigenvalue weighted by Crippen LogP contribution is 2.36. The predicted octanol–water partition coefficient (Wildman–Crippen LogP) is 4.24. The van der Waals surface area contributed by atoms with Gasteiger partial charge in [0.15, 0.2) is 5.82 Å². The number of nitrogens with zero attached hydrogens (tertiary/aromatic N) is 3. The minimum Gasteiger partial charge on any atom is -0.462 e. The molecular weight excluding hydrogens is 447 g/mol.